The molecule has 2 amide bonds. The SMILES string of the molecule is CC(CC(=O)NCC(=O)Nc1ccc(-n2cccn2)cc1)C1CCNCC1.Cl. The number of halogens is 1. The molecule has 1 saturated heterocycles. The molecule has 0 radical (unpaired) electrons. The van der Waals surface area contributed by atoms with E-state index in [1.807, 2.05) is 36.5 Å². The van der Waals surface area contributed by atoms with Crippen LogP contribution in [-0.4, -0.2) is 41.2 Å². The molecule has 1 aromatic heterocycles. The summed E-state index contributed by atoms with van der Waals surface area (Å²) in [5.41, 5.74) is 1.60. The van der Waals surface area contributed by atoms with Crippen LogP contribution in [0.25, 0.3) is 5.69 Å². The Morgan fingerprint density at radius 1 is 1.21 bits per heavy atom. The Kier molecular flexibility index (Phi) is 8.47. The number of nitrogens with one attached hydrogen (secondary N) is 3. The third-order valence-electron chi connectivity index (χ3n) is 5.06. The van der Waals surface area contributed by atoms with Gasteiger partial charge in [-0.05, 0) is 68.1 Å². The van der Waals surface area contributed by atoms with Crippen molar-refractivity contribution in [3.05, 3.63) is 42.7 Å². The van der Waals surface area contributed by atoms with Gasteiger partial charge in [0.2, 0.25) is 11.8 Å². The number of carbonyl (C=O) groups is 2. The molecule has 1 aliphatic heterocycles. The van der Waals surface area contributed by atoms with Crippen LogP contribution in [0.1, 0.15) is 26.2 Å². The predicted octanol–water partition coefficient (Wildman–Crippen LogP) is 2.37. The molecule has 1 fully saturated rings. The second-order valence-electron chi connectivity index (χ2n) is 7.09. The second kappa shape index (κ2) is 10.8. The molecule has 28 heavy (non-hydrogen) atoms. The summed E-state index contributed by atoms with van der Waals surface area (Å²) in [6.45, 7) is 4.16. The summed E-state index contributed by atoms with van der Waals surface area (Å²) in [7, 11) is 0. The minimum atomic E-state index is -0.232. The molecule has 0 saturated carbocycles. The van der Waals surface area contributed by atoms with Gasteiger partial charge in [-0.3, -0.25) is 9.59 Å². The molecule has 0 bridgehead atoms. The van der Waals surface area contributed by atoms with E-state index in [9.17, 15) is 9.59 Å². The molecule has 0 spiro atoms. The fourth-order valence-corrected chi connectivity index (χ4v) is 3.45. The van der Waals surface area contributed by atoms with Crippen molar-refractivity contribution in [2.45, 2.75) is 26.2 Å². The molecule has 8 heteroatoms. The molecule has 0 aliphatic carbocycles. The quantitative estimate of drug-likeness (QED) is 0.659. The van der Waals surface area contributed by atoms with Gasteiger partial charge in [-0.1, -0.05) is 6.92 Å². The van der Waals surface area contributed by atoms with E-state index < -0.39 is 0 Å². The number of carbonyl (C=O) groups excluding carboxylic acids is 2. The molecule has 2 aromatic rings. The number of nitrogens with zero attached hydrogens (tertiary/aromatic N) is 2. The molecular weight excluding hydrogens is 378 g/mol. The van der Waals surface area contributed by atoms with Gasteiger partial charge in [-0.25, -0.2) is 4.68 Å². The lowest BCUT2D eigenvalue weighted by Gasteiger charge is -2.27. The lowest BCUT2D eigenvalue weighted by Crippen LogP contribution is -2.36. The maximum atomic E-state index is 12.1. The van der Waals surface area contributed by atoms with Crippen LogP contribution in [0, 0.1) is 11.8 Å². The lowest BCUT2D eigenvalue weighted by molar-refractivity contribution is -0.125. The zero-order chi connectivity index (χ0) is 19.1. The third-order valence-corrected chi connectivity index (χ3v) is 5.06. The van der Waals surface area contributed by atoms with Crippen LogP contribution in [-0.2, 0) is 9.59 Å². The van der Waals surface area contributed by atoms with E-state index in [-0.39, 0.29) is 30.8 Å². The predicted molar refractivity (Wildman–Crippen MR) is 112 cm³/mol. The van der Waals surface area contributed by atoms with E-state index in [0.29, 0.717) is 23.9 Å². The molecule has 2 heterocycles. The van der Waals surface area contributed by atoms with E-state index >= 15 is 0 Å². The minimum Gasteiger partial charge on any atom is -0.347 e. The molecule has 7 nitrogen and oxygen atoms in total. The topological polar surface area (TPSA) is 88.1 Å². The summed E-state index contributed by atoms with van der Waals surface area (Å²) < 4.78 is 1.75. The Bertz CT molecular complexity index is 742. The van der Waals surface area contributed by atoms with E-state index in [1.54, 1.807) is 10.9 Å². The molecule has 1 unspecified atom stereocenters. The molecule has 152 valence electrons. The monoisotopic (exact) mass is 405 g/mol. The van der Waals surface area contributed by atoms with Crippen LogP contribution in [0.4, 0.5) is 5.69 Å². The summed E-state index contributed by atoms with van der Waals surface area (Å²) >= 11 is 0. The zero-order valence-electron chi connectivity index (χ0n) is 16.1. The number of hydrogen-bond donors (Lipinski definition) is 3. The highest BCUT2D eigenvalue weighted by molar-refractivity contribution is 5.94. The number of amides is 2. The average Bonchev–Trinajstić information content (AvgIpc) is 3.22. The van der Waals surface area contributed by atoms with Crippen molar-refractivity contribution >= 4 is 29.9 Å². The Hall–Kier alpha value is -2.38. The number of anilines is 1. The van der Waals surface area contributed by atoms with Crippen molar-refractivity contribution in [3.63, 3.8) is 0 Å². The smallest absolute Gasteiger partial charge is 0.243 e. The number of benzene rings is 1. The van der Waals surface area contributed by atoms with Crippen LogP contribution < -0.4 is 16.0 Å². The normalized spacial score (nSPS) is 15.3. The van der Waals surface area contributed by atoms with Gasteiger partial charge in [0, 0.05) is 24.5 Å². The summed E-state index contributed by atoms with van der Waals surface area (Å²) in [5, 5.41) is 13.0. The van der Waals surface area contributed by atoms with Crippen molar-refractivity contribution in [1.29, 1.82) is 0 Å². The first-order valence-corrected chi connectivity index (χ1v) is 9.49. The highest BCUT2D eigenvalue weighted by atomic mass is 35.5. The summed E-state index contributed by atoms with van der Waals surface area (Å²) in [6.07, 6.45) is 6.27. The molecule has 1 aromatic carbocycles. The largest absolute Gasteiger partial charge is 0.347 e. The minimum absolute atomic E-state index is 0. The van der Waals surface area contributed by atoms with Gasteiger partial charge >= 0.3 is 0 Å². The fourth-order valence-electron chi connectivity index (χ4n) is 3.45. The number of aromatic nitrogens is 2. The van der Waals surface area contributed by atoms with Crippen molar-refractivity contribution in [3.8, 4) is 5.69 Å². The van der Waals surface area contributed by atoms with Gasteiger partial charge in [0.05, 0.1) is 12.2 Å². The van der Waals surface area contributed by atoms with Crippen molar-refractivity contribution in [2.24, 2.45) is 11.8 Å². The van der Waals surface area contributed by atoms with Gasteiger partial charge in [0.25, 0.3) is 0 Å². The standard InChI is InChI=1S/C20H27N5O2.ClH/c1-15(16-7-10-21-11-8-16)13-19(26)22-14-20(27)24-17-3-5-18(6-4-17)25-12-2-9-23-25;/h2-6,9,12,15-16,21H,7-8,10-11,13-14H2,1H3,(H,22,26)(H,24,27);1H. The van der Waals surface area contributed by atoms with Gasteiger partial charge < -0.3 is 16.0 Å². The first-order valence-electron chi connectivity index (χ1n) is 9.49. The molecular formula is C20H28ClN5O2. The third kappa shape index (κ3) is 6.35. The van der Waals surface area contributed by atoms with Gasteiger partial charge in [0.15, 0.2) is 0 Å². The van der Waals surface area contributed by atoms with E-state index in [1.165, 1.54) is 0 Å². The van der Waals surface area contributed by atoms with Crippen molar-refractivity contribution < 1.29 is 9.59 Å². The first kappa shape index (κ1) is 21.9. The van der Waals surface area contributed by atoms with Crippen molar-refractivity contribution in [2.75, 3.05) is 25.0 Å². The summed E-state index contributed by atoms with van der Waals surface area (Å²) in [4.78, 5) is 24.2. The fraction of sp³-hybridized carbons (Fsp3) is 0.450. The maximum absolute atomic E-state index is 12.1. The van der Waals surface area contributed by atoms with E-state index in [2.05, 4.69) is 28.0 Å². The average molecular weight is 406 g/mol. The highest BCUT2D eigenvalue weighted by Gasteiger charge is 2.22. The molecule has 1 atom stereocenters. The van der Waals surface area contributed by atoms with Crippen LogP contribution in [0.15, 0.2) is 42.7 Å². The van der Waals surface area contributed by atoms with Crippen LogP contribution in [0.5, 0.6) is 0 Å². The zero-order valence-corrected chi connectivity index (χ0v) is 16.9. The molecule has 3 N–H and O–H groups in total. The number of hydrogen-bond acceptors (Lipinski definition) is 4. The Morgan fingerprint density at radius 2 is 1.93 bits per heavy atom. The lowest BCUT2D eigenvalue weighted by atomic mass is 9.84. The van der Waals surface area contributed by atoms with Crippen molar-refractivity contribution in [1.82, 2.24) is 20.4 Å². The Labute approximate surface area is 171 Å². The number of piperidine rings is 1. The van der Waals surface area contributed by atoms with Crippen LogP contribution in [0.3, 0.4) is 0 Å². The summed E-state index contributed by atoms with van der Waals surface area (Å²) in [5.74, 6) is 0.624. The van der Waals surface area contributed by atoms with Gasteiger partial charge in [0.1, 0.15) is 0 Å². The molecule has 3 rings (SSSR count). The highest BCUT2D eigenvalue weighted by Crippen LogP contribution is 2.24. The van der Waals surface area contributed by atoms with Crippen LogP contribution in [0.2, 0.25) is 0 Å². The molecule has 1 aliphatic rings. The van der Waals surface area contributed by atoms with Gasteiger partial charge in [-0.2, -0.15) is 5.10 Å². The Morgan fingerprint density at radius 3 is 2.57 bits per heavy atom. The first-order chi connectivity index (χ1) is 13.1. The number of rotatable bonds is 7. The maximum Gasteiger partial charge on any atom is 0.243 e. The van der Waals surface area contributed by atoms with Crippen LogP contribution >= 0.6 is 12.4 Å². The Balaban J connectivity index is 0.00000280. The van der Waals surface area contributed by atoms with E-state index in [0.717, 1.165) is 31.6 Å². The van der Waals surface area contributed by atoms with E-state index in [4.69, 9.17) is 0 Å². The second-order valence-corrected chi connectivity index (χ2v) is 7.09. The summed E-state index contributed by atoms with van der Waals surface area (Å²) in [6, 6.07) is 9.24. The van der Waals surface area contributed by atoms with Gasteiger partial charge in [-0.15, -0.1) is 12.4 Å².